The van der Waals surface area contributed by atoms with E-state index in [2.05, 4.69) is 233 Å². The lowest BCUT2D eigenvalue weighted by molar-refractivity contribution is 1.47. The third kappa shape index (κ3) is 5.63. The van der Waals surface area contributed by atoms with Gasteiger partial charge in [0.05, 0.1) is 0 Å². The van der Waals surface area contributed by atoms with E-state index in [1.54, 1.807) is 0 Å². The van der Waals surface area contributed by atoms with Crippen LogP contribution in [0.2, 0.25) is 0 Å². The molecule has 0 nitrogen and oxygen atoms in total. The number of hydrogen-bond acceptors (Lipinski definition) is 0. The number of fused-ring (bicyclic) bond motifs is 6. The molecular formula is C61H41B. The monoisotopic (exact) mass is 784 g/mol. The molecule has 0 unspecified atom stereocenters. The Kier molecular flexibility index (Phi) is 8.44. The van der Waals surface area contributed by atoms with Crippen LogP contribution < -0.4 is 5.46 Å². The second-order valence-electron chi connectivity index (χ2n) is 16.9. The molecule has 0 fully saturated rings. The van der Waals surface area contributed by atoms with Crippen molar-refractivity contribution in [3.8, 4) is 66.8 Å². The first kappa shape index (κ1) is 36.1. The van der Waals surface area contributed by atoms with Crippen LogP contribution in [0, 0.1) is 6.92 Å². The van der Waals surface area contributed by atoms with E-state index in [9.17, 15) is 0 Å². The minimum atomic E-state index is 1.21. The second kappa shape index (κ2) is 14.5. The number of hydrogen-bond donors (Lipinski definition) is 0. The standard InChI is InChI=1S/C61H41B/c1-38-18-14-27-43(34-38)52-36-50(39-19-6-2-7-20-39)58-46-30-17-33-49-57(46)56-47(31-16-32-48(56)60(58)54(52)41-23-10-4-11-24-41)59-51(40-21-8-3-9-22-40)37-53(44-28-15-29-45(62)35-44)55(61(49)59)42-25-12-5-13-26-42/h2-37H,62H2,1H3. The minimum Gasteiger partial charge on any atom is -0.0884 e. The number of rotatable bonds is 6. The predicted octanol–water partition coefficient (Wildman–Crippen LogP) is 15.5. The van der Waals surface area contributed by atoms with Gasteiger partial charge in [-0.15, -0.1) is 0 Å². The summed E-state index contributed by atoms with van der Waals surface area (Å²) in [6, 6.07) is 81.4. The lowest BCUT2D eigenvalue weighted by Crippen LogP contribution is -2.02. The summed E-state index contributed by atoms with van der Waals surface area (Å²) in [7, 11) is 2.20. The highest BCUT2D eigenvalue weighted by Crippen LogP contribution is 2.55. The average molecular weight is 785 g/mol. The molecule has 0 amide bonds. The third-order valence-electron chi connectivity index (χ3n) is 13.1. The SMILES string of the molecule is Bc1cccc(-c2cc(-c3ccccc3)c3c4cccc5c6c(-c7ccccc7)c(-c7cccc(C)c7)cc(-c7ccccc7)c6c6cccc(c3c2-c2ccccc2)c6c45)c1. The van der Waals surface area contributed by atoms with Crippen molar-refractivity contribution in [1.29, 1.82) is 0 Å². The van der Waals surface area contributed by atoms with Crippen LogP contribution in [0.1, 0.15) is 5.56 Å². The molecule has 12 aromatic carbocycles. The molecule has 0 aliphatic rings. The molecule has 12 aromatic rings. The van der Waals surface area contributed by atoms with Crippen LogP contribution in [0.25, 0.3) is 121 Å². The van der Waals surface area contributed by atoms with Crippen LogP contribution in [0.5, 0.6) is 0 Å². The van der Waals surface area contributed by atoms with E-state index in [1.807, 2.05) is 0 Å². The Balaban J connectivity index is 1.39. The first-order valence-corrected chi connectivity index (χ1v) is 21.7. The Hall–Kier alpha value is -7.74. The predicted molar refractivity (Wildman–Crippen MR) is 271 cm³/mol. The van der Waals surface area contributed by atoms with E-state index in [1.165, 1.54) is 132 Å². The van der Waals surface area contributed by atoms with Crippen molar-refractivity contribution in [2.75, 3.05) is 0 Å². The number of benzene rings is 12. The molecule has 0 atom stereocenters. The van der Waals surface area contributed by atoms with Crippen LogP contribution in [0.3, 0.4) is 0 Å². The van der Waals surface area contributed by atoms with Gasteiger partial charge in [-0.25, -0.2) is 0 Å². The Morgan fingerprint density at radius 2 is 0.613 bits per heavy atom. The average Bonchev–Trinajstić information content (AvgIpc) is 3.33. The van der Waals surface area contributed by atoms with Gasteiger partial charge in [-0.3, -0.25) is 0 Å². The zero-order valence-electron chi connectivity index (χ0n) is 34.8. The topological polar surface area (TPSA) is 0 Å². The smallest absolute Gasteiger partial charge is 0.0884 e. The zero-order valence-corrected chi connectivity index (χ0v) is 34.8. The summed E-state index contributed by atoms with van der Waals surface area (Å²) in [5.41, 5.74) is 17.3. The van der Waals surface area contributed by atoms with Crippen molar-refractivity contribution >= 4 is 67.2 Å². The fraction of sp³-hybridized carbons (Fsp3) is 0.0164. The molecule has 0 aliphatic carbocycles. The highest BCUT2D eigenvalue weighted by atomic mass is 14.3. The maximum absolute atomic E-state index is 2.48. The second-order valence-corrected chi connectivity index (χ2v) is 16.9. The fourth-order valence-electron chi connectivity index (χ4n) is 10.5. The summed E-state index contributed by atoms with van der Waals surface area (Å²) in [6.07, 6.45) is 0. The molecule has 0 aromatic heterocycles. The Labute approximate surface area is 363 Å². The van der Waals surface area contributed by atoms with Gasteiger partial charge in [-0.1, -0.05) is 217 Å². The van der Waals surface area contributed by atoms with Gasteiger partial charge in [0, 0.05) is 0 Å². The Bertz CT molecular complexity index is 3420. The third-order valence-corrected chi connectivity index (χ3v) is 13.1. The number of aryl methyl sites for hydroxylation is 1. The normalized spacial score (nSPS) is 11.7. The van der Waals surface area contributed by atoms with Gasteiger partial charge in [0.25, 0.3) is 0 Å². The largest absolute Gasteiger partial charge is 0.139 e. The van der Waals surface area contributed by atoms with Crippen molar-refractivity contribution in [1.82, 2.24) is 0 Å². The van der Waals surface area contributed by atoms with Gasteiger partial charge in [-0.2, -0.15) is 0 Å². The van der Waals surface area contributed by atoms with Crippen LogP contribution in [0.4, 0.5) is 0 Å². The van der Waals surface area contributed by atoms with Crippen molar-refractivity contribution in [2.45, 2.75) is 6.92 Å². The Morgan fingerprint density at radius 3 is 1.03 bits per heavy atom. The van der Waals surface area contributed by atoms with Gasteiger partial charge in [0.1, 0.15) is 7.85 Å². The van der Waals surface area contributed by atoms with Gasteiger partial charge in [0.2, 0.25) is 0 Å². The van der Waals surface area contributed by atoms with Gasteiger partial charge >= 0.3 is 0 Å². The molecule has 0 radical (unpaired) electrons. The first-order chi connectivity index (χ1) is 30.6. The maximum Gasteiger partial charge on any atom is 0.139 e. The van der Waals surface area contributed by atoms with Crippen molar-refractivity contribution in [2.24, 2.45) is 0 Å². The van der Waals surface area contributed by atoms with Gasteiger partial charge in [0.15, 0.2) is 0 Å². The van der Waals surface area contributed by atoms with E-state index in [0.29, 0.717) is 0 Å². The summed E-state index contributed by atoms with van der Waals surface area (Å²) in [5.74, 6) is 0. The van der Waals surface area contributed by atoms with E-state index in [-0.39, 0.29) is 0 Å². The van der Waals surface area contributed by atoms with E-state index in [4.69, 9.17) is 0 Å². The summed E-state index contributed by atoms with van der Waals surface area (Å²) >= 11 is 0. The molecule has 0 saturated heterocycles. The molecule has 0 heterocycles. The van der Waals surface area contributed by atoms with Crippen molar-refractivity contribution in [3.63, 3.8) is 0 Å². The van der Waals surface area contributed by atoms with Crippen LogP contribution in [-0.4, -0.2) is 7.85 Å². The highest BCUT2D eigenvalue weighted by Gasteiger charge is 2.27. The molecule has 0 saturated carbocycles. The molecule has 12 rings (SSSR count). The molecule has 0 bridgehead atoms. The first-order valence-electron chi connectivity index (χ1n) is 21.7. The molecule has 0 aliphatic heterocycles. The molecule has 0 spiro atoms. The Morgan fingerprint density at radius 1 is 0.258 bits per heavy atom. The van der Waals surface area contributed by atoms with E-state index >= 15 is 0 Å². The molecule has 1 heteroatoms. The van der Waals surface area contributed by atoms with Crippen LogP contribution in [-0.2, 0) is 0 Å². The molecule has 62 heavy (non-hydrogen) atoms. The van der Waals surface area contributed by atoms with E-state index in [0.717, 1.165) is 0 Å². The lowest BCUT2D eigenvalue weighted by atomic mass is 9.76. The zero-order chi connectivity index (χ0) is 41.3. The minimum absolute atomic E-state index is 1.21. The van der Waals surface area contributed by atoms with E-state index < -0.39 is 0 Å². The van der Waals surface area contributed by atoms with Crippen molar-refractivity contribution in [3.05, 3.63) is 224 Å². The van der Waals surface area contributed by atoms with Crippen molar-refractivity contribution < 1.29 is 0 Å². The summed E-state index contributed by atoms with van der Waals surface area (Å²) < 4.78 is 0. The van der Waals surface area contributed by atoms with Crippen LogP contribution >= 0.6 is 0 Å². The summed E-state index contributed by atoms with van der Waals surface area (Å²) in [5, 5.41) is 12.9. The molecular weight excluding hydrogens is 743 g/mol. The quantitative estimate of drug-likeness (QED) is 0.0895. The molecule has 288 valence electrons. The summed E-state index contributed by atoms with van der Waals surface area (Å²) in [4.78, 5) is 0. The maximum atomic E-state index is 2.48. The van der Waals surface area contributed by atoms with Crippen LogP contribution in [0.15, 0.2) is 218 Å². The van der Waals surface area contributed by atoms with Gasteiger partial charge in [-0.05, 0) is 140 Å². The molecule has 0 N–H and O–H groups in total. The van der Waals surface area contributed by atoms with Gasteiger partial charge < -0.3 is 0 Å². The fourth-order valence-corrected chi connectivity index (χ4v) is 10.5. The highest BCUT2D eigenvalue weighted by molar-refractivity contribution is 6.45. The lowest BCUT2D eigenvalue weighted by Gasteiger charge is -2.26. The summed E-state index contributed by atoms with van der Waals surface area (Å²) in [6.45, 7) is 2.20.